The maximum Gasteiger partial charge on any atom is 0.266 e. The number of anilines is 1. The number of hydrogen-bond acceptors (Lipinski definition) is 3. The minimum atomic E-state index is -1.27. The first-order valence-electron chi connectivity index (χ1n) is 5.61. The number of hydrogen-bond donors (Lipinski definition) is 0. The van der Waals surface area contributed by atoms with Crippen LogP contribution in [-0.4, -0.2) is 16.8 Å². The van der Waals surface area contributed by atoms with Gasteiger partial charge in [0.2, 0.25) is 5.95 Å². The molecular weight excluding hydrogens is 325 g/mol. The highest BCUT2D eigenvalue weighted by atomic mass is 35.5. The second-order valence-electron chi connectivity index (χ2n) is 4.16. The lowest BCUT2D eigenvalue weighted by Gasteiger charge is -2.16. The van der Waals surface area contributed by atoms with Crippen LogP contribution in [0.2, 0.25) is 10.2 Å². The molecule has 0 atom stereocenters. The van der Waals surface area contributed by atoms with E-state index in [9.17, 15) is 18.4 Å². The van der Waals surface area contributed by atoms with Gasteiger partial charge in [-0.2, -0.15) is 4.39 Å². The molecule has 0 N–H and O–H groups in total. The van der Waals surface area contributed by atoms with Crippen LogP contribution in [-0.2, 0) is 0 Å². The largest absolute Gasteiger partial charge is 0.268 e. The first-order chi connectivity index (χ1) is 9.93. The third-order valence-corrected chi connectivity index (χ3v) is 3.58. The molecule has 2 aromatic rings. The monoisotopic (exact) mass is 328 g/mol. The van der Waals surface area contributed by atoms with Gasteiger partial charge in [0.1, 0.15) is 10.7 Å². The first kappa shape index (κ1) is 13.9. The summed E-state index contributed by atoms with van der Waals surface area (Å²) in [5.41, 5.74) is -0.585. The van der Waals surface area contributed by atoms with Gasteiger partial charge >= 0.3 is 0 Å². The number of imide groups is 1. The van der Waals surface area contributed by atoms with Crippen molar-refractivity contribution in [2.75, 3.05) is 4.90 Å². The Morgan fingerprint density at radius 1 is 1.00 bits per heavy atom. The summed E-state index contributed by atoms with van der Waals surface area (Å²) in [7, 11) is 0. The highest BCUT2D eigenvalue weighted by molar-refractivity contribution is 6.40. The molecule has 1 aromatic carbocycles. The summed E-state index contributed by atoms with van der Waals surface area (Å²) in [4.78, 5) is 28.0. The molecule has 0 unspecified atom stereocenters. The second-order valence-corrected chi connectivity index (χ2v) is 4.90. The number of carbonyl (C=O) groups is 2. The van der Waals surface area contributed by atoms with Crippen molar-refractivity contribution < 1.29 is 18.4 Å². The van der Waals surface area contributed by atoms with E-state index in [1.54, 1.807) is 12.1 Å². The predicted octanol–water partition coefficient (Wildman–Crippen LogP) is 3.47. The van der Waals surface area contributed by atoms with Gasteiger partial charge in [-0.25, -0.2) is 14.3 Å². The van der Waals surface area contributed by atoms with Gasteiger partial charge in [-0.15, -0.1) is 0 Å². The molecule has 21 heavy (non-hydrogen) atoms. The Hall–Kier alpha value is -2.05. The van der Waals surface area contributed by atoms with Gasteiger partial charge in [0.25, 0.3) is 11.8 Å². The third-order valence-electron chi connectivity index (χ3n) is 2.99. The summed E-state index contributed by atoms with van der Waals surface area (Å²) < 4.78 is 27.6. The van der Waals surface area contributed by atoms with E-state index in [0.717, 1.165) is 0 Å². The fraction of sp³-hybridized carbons (Fsp3) is 0. The van der Waals surface area contributed by atoms with E-state index >= 15 is 0 Å². The molecule has 1 aliphatic heterocycles. The molecule has 0 bridgehead atoms. The SMILES string of the molecule is O=C1c2ccccc2C(=O)N1c1c(F)c(Cl)nc(F)c1Cl. The minimum absolute atomic E-state index is 0.0753. The maximum atomic E-state index is 14.1. The van der Waals surface area contributed by atoms with Crippen LogP contribution in [0, 0.1) is 11.8 Å². The van der Waals surface area contributed by atoms with E-state index in [-0.39, 0.29) is 11.1 Å². The van der Waals surface area contributed by atoms with Gasteiger partial charge in [-0.05, 0) is 12.1 Å². The molecule has 0 saturated carbocycles. The molecule has 0 aliphatic carbocycles. The van der Waals surface area contributed by atoms with Crippen molar-refractivity contribution in [2.45, 2.75) is 0 Å². The molecule has 4 nitrogen and oxygen atoms in total. The molecule has 0 spiro atoms. The van der Waals surface area contributed by atoms with E-state index in [4.69, 9.17) is 23.2 Å². The fourth-order valence-electron chi connectivity index (χ4n) is 2.06. The van der Waals surface area contributed by atoms with Crippen LogP contribution in [0.5, 0.6) is 0 Å². The summed E-state index contributed by atoms with van der Waals surface area (Å²) in [6, 6.07) is 5.90. The number of halogens is 4. The lowest BCUT2D eigenvalue weighted by Crippen LogP contribution is -2.31. The molecule has 3 rings (SSSR count). The molecule has 0 saturated heterocycles. The van der Waals surface area contributed by atoms with E-state index in [0.29, 0.717) is 4.90 Å². The summed E-state index contributed by atoms with van der Waals surface area (Å²) >= 11 is 11.1. The summed E-state index contributed by atoms with van der Waals surface area (Å²) in [6.07, 6.45) is 0. The highest BCUT2D eigenvalue weighted by Crippen LogP contribution is 2.38. The van der Waals surface area contributed by atoms with E-state index in [2.05, 4.69) is 4.98 Å². The van der Waals surface area contributed by atoms with Crippen molar-refractivity contribution in [3.63, 3.8) is 0 Å². The smallest absolute Gasteiger partial charge is 0.266 e. The number of carbonyl (C=O) groups excluding carboxylic acids is 2. The lowest BCUT2D eigenvalue weighted by molar-refractivity contribution is 0.0925. The van der Waals surface area contributed by atoms with Gasteiger partial charge < -0.3 is 0 Å². The average Bonchev–Trinajstić information content (AvgIpc) is 2.71. The van der Waals surface area contributed by atoms with Crippen LogP contribution >= 0.6 is 23.2 Å². The summed E-state index contributed by atoms with van der Waals surface area (Å²) in [5.74, 6) is -4.12. The van der Waals surface area contributed by atoms with Gasteiger partial charge in [0, 0.05) is 0 Å². The zero-order valence-electron chi connectivity index (χ0n) is 10.0. The summed E-state index contributed by atoms with van der Waals surface area (Å²) in [6.45, 7) is 0. The predicted molar refractivity (Wildman–Crippen MR) is 71.8 cm³/mol. The topological polar surface area (TPSA) is 50.3 Å². The standard InChI is InChI=1S/C13H4Cl2F2N2O2/c14-7-9(8(16)10(15)18-11(7)17)19-12(20)5-3-1-2-4-6(5)13(19)21/h1-4H. The Labute approximate surface area is 126 Å². The molecule has 1 aromatic heterocycles. The molecule has 1 aliphatic rings. The number of amides is 2. The Kier molecular flexibility index (Phi) is 3.15. The zero-order valence-corrected chi connectivity index (χ0v) is 11.5. The van der Waals surface area contributed by atoms with Gasteiger partial charge in [0.05, 0.1) is 11.1 Å². The zero-order chi connectivity index (χ0) is 15.3. The van der Waals surface area contributed by atoms with Crippen molar-refractivity contribution in [1.82, 2.24) is 4.98 Å². The minimum Gasteiger partial charge on any atom is -0.268 e. The lowest BCUT2D eigenvalue weighted by atomic mass is 10.1. The number of fused-ring (bicyclic) bond motifs is 1. The molecule has 8 heteroatoms. The first-order valence-corrected chi connectivity index (χ1v) is 6.37. The van der Waals surface area contributed by atoms with Gasteiger partial charge in [0.15, 0.2) is 11.0 Å². The van der Waals surface area contributed by atoms with E-state index < -0.39 is 39.4 Å². The number of pyridine rings is 1. The van der Waals surface area contributed by atoms with Crippen LogP contribution in [0.25, 0.3) is 0 Å². The third kappa shape index (κ3) is 1.91. The number of nitrogens with zero attached hydrogens (tertiary/aromatic N) is 2. The van der Waals surface area contributed by atoms with Gasteiger partial charge in [-0.3, -0.25) is 9.59 Å². The van der Waals surface area contributed by atoms with Crippen molar-refractivity contribution >= 4 is 40.7 Å². The Morgan fingerprint density at radius 3 is 2.05 bits per heavy atom. The van der Waals surface area contributed by atoms with Crippen molar-refractivity contribution in [3.05, 3.63) is 57.3 Å². The van der Waals surface area contributed by atoms with Gasteiger partial charge in [-0.1, -0.05) is 35.3 Å². The fourth-order valence-corrected chi connectivity index (χ4v) is 2.44. The Balaban J connectivity index is 2.25. The number of rotatable bonds is 1. The normalized spacial score (nSPS) is 13.8. The summed E-state index contributed by atoms with van der Waals surface area (Å²) in [5, 5.41) is -1.60. The van der Waals surface area contributed by atoms with Crippen molar-refractivity contribution in [2.24, 2.45) is 0 Å². The molecule has 0 fully saturated rings. The van der Waals surface area contributed by atoms with Crippen LogP contribution in [0.15, 0.2) is 24.3 Å². The van der Waals surface area contributed by atoms with Crippen LogP contribution in [0.3, 0.4) is 0 Å². The van der Waals surface area contributed by atoms with E-state index in [1.807, 2.05) is 0 Å². The molecule has 2 amide bonds. The highest BCUT2D eigenvalue weighted by Gasteiger charge is 2.40. The number of aromatic nitrogens is 1. The van der Waals surface area contributed by atoms with Crippen LogP contribution < -0.4 is 4.90 Å². The molecule has 2 heterocycles. The van der Waals surface area contributed by atoms with Crippen molar-refractivity contribution in [1.29, 1.82) is 0 Å². The maximum absolute atomic E-state index is 14.1. The molecule has 0 radical (unpaired) electrons. The second kappa shape index (κ2) is 4.75. The van der Waals surface area contributed by atoms with Crippen LogP contribution in [0.1, 0.15) is 20.7 Å². The van der Waals surface area contributed by atoms with E-state index in [1.165, 1.54) is 12.1 Å². The number of benzene rings is 1. The Bertz CT molecular complexity index is 750. The molecular formula is C13H4Cl2F2N2O2. The Morgan fingerprint density at radius 2 is 1.52 bits per heavy atom. The molecule has 106 valence electrons. The average molecular weight is 329 g/mol. The quantitative estimate of drug-likeness (QED) is 0.595. The van der Waals surface area contributed by atoms with Crippen LogP contribution in [0.4, 0.5) is 14.5 Å². The van der Waals surface area contributed by atoms with Crippen molar-refractivity contribution in [3.8, 4) is 0 Å².